The van der Waals surface area contributed by atoms with E-state index in [9.17, 15) is 9.59 Å². The molecule has 1 aromatic heterocycles. The van der Waals surface area contributed by atoms with Gasteiger partial charge in [-0.05, 0) is 67.3 Å². The van der Waals surface area contributed by atoms with Crippen LogP contribution in [0.1, 0.15) is 48.0 Å². The predicted octanol–water partition coefficient (Wildman–Crippen LogP) is 3.10. The average molecular weight is 393 g/mol. The van der Waals surface area contributed by atoms with Crippen LogP contribution >= 0.6 is 0 Å². The summed E-state index contributed by atoms with van der Waals surface area (Å²) in [6, 6.07) is 11.2. The van der Waals surface area contributed by atoms with Gasteiger partial charge in [-0.25, -0.2) is 0 Å². The number of carbonyl (C=O) groups excluding carboxylic acids is 2. The Bertz CT molecular complexity index is 839. The molecule has 2 saturated carbocycles. The van der Waals surface area contributed by atoms with Crippen LogP contribution in [-0.4, -0.2) is 22.8 Å². The number of rotatable bonds is 5. The average Bonchev–Trinajstić information content (AvgIpc) is 2.73. The van der Waals surface area contributed by atoms with Gasteiger partial charge in [0.25, 0.3) is 5.91 Å². The molecule has 0 saturated heterocycles. The Morgan fingerprint density at radius 1 is 1.00 bits per heavy atom. The van der Waals surface area contributed by atoms with Crippen molar-refractivity contribution >= 4 is 17.5 Å². The summed E-state index contributed by atoms with van der Waals surface area (Å²) in [5.41, 5.74) is 8.62. The molecule has 0 radical (unpaired) electrons. The van der Waals surface area contributed by atoms with Crippen LogP contribution in [0.3, 0.4) is 0 Å². The first-order valence-corrected chi connectivity index (χ1v) is 10.4. The Morgan fingerprint density at radius 2 is 1.66 bits per heavy atom. The lowest BCUT2D eigenvalue weighted by Gasteiger charge is -2.43. The van der Waals surface area contributed by atoms with Crippen LogP contribution < -0.4 is 16.4 Å². The van der Waals surface area contributed by atoms with Crippen molar-refractivity contribution in [3.63, 3.8) is 0 Å². The number of hydrogen-bond acceptors (Lipinski definition) is 4. The Hall–Kier alpha value is -2.73. The SMILES string of the molecule is NC1C2CCCC1CC(C(=O)NCc1ccc(NC(=O)c3ccncc3)cc1)C2. The number of carbonyl (C=O) groups is 2. The molecule has 1 heterocycles. The maximum Gasteiger partial charge on any atom is 0.255 e. The zero-order chi connectivity index (χ0) is 20.2. The van der Waals surface area contributed by atoms with E-state index in [0.29, 0.717) is 23.9 Å². The Kier molecular flexibility index (Phi) is 5.90. The third-order valence-corrected chi connectivity index (χ3v) is 6.40. The number of nitrogens with two attached hydrogens (primary N) is 1. The van der Waals surface area contributed by atoms with Crippen molar-refractivity contribution in [2.45, 2.75) is 44.7 Å². The number of aromatic nitrogens is 1. The number of benzene rings is 1. The minimum absolute atomic E-state index is 0.0871. The molecule has 6 heteroatoms. The van der Waals surface area contributed by atoms with Gasteiger partial charge in [0.05, 0.1) is 0 Å². The first-order chi connectivity index (χ1) is 14.1. The van der Waals surface area contributed by atoms with Crippen LogP contribution in [0.15, 0.2) is 48.8 Å². The van der Waals surface area contributed by atoms with Crippen molar-refractivity contribution in [2.75, 3.05) is 5.32 Å². The van der Waals surface area contributed by atoms with Gasteiger partial charge in [0.15, 0.2) is 0 Å². The van der Waals surface area contributed by atoms with Gasteiger partial charge in [-0.1, -0.05) is 18.6 Å². The van der Waals surface area contributed by atoms with Gasteiger partial charge >= 0.3 is 0 Å². The van der Waals surface area contributed by atoms with Crippen molar-refractivity contribution in [1.29, 1.82) is 0 Å². The molecule has 1 aromatic carbocycles. The van der Waals surface area contributed by atoms with E-state index in [0.717, 1.165) is 36.9 Å². The summed E-state index contributed by atoms with van der Waals surface area (Å²) in [7, 11) is 0. The van der Waals surface area contributed by atoms with E-state index < -0.39 is 0 Å². The molecule has 2 fully saturated rings. The largest absolute Gasteiger partial charge is 0.352 e. The highest BCUT2D eigenvalue weighted by Crippen LogP contribution is 2.41. The fourth-order valence-corrected chi connectivity index (χ4v) is 4.75. The summed E-state index contributed by atoms with van der Waals surface area (Å²) in [4.78, 5) is 28.8. The summed E-state index contributed by atoms with van der Waals surface area (Å²) in [5, 5.41) is 5.95. The highest BCUT2D eigenvalue weighted by Gasteiger charge is 2.40. The first kappa shape index (κ1) is 19.6. The third kappa shape index (κ3) is 4.65. The summed E-state index contributed by atoms with van der Waals surface area (Å²) in [6.45, 7) is 0.495. The highest BCUT2D eigenvalue weighted by molar-refractivity contribution is 6.04. The van der Waals surface area contributed by atoms with Crippen molar-refractivity contribution < 1.29 is 9.59 Å². The molecule has 152 valence electrons. The Labute approximate surface area is 171 Å². The minimum atomic E-state index is -0.172. The normalized spacial score (nSPS) is 25.8. The monoisotopic (exact) mass is 392 g/mol. The fraction of sp³-hybridized carbons (Fsp3) is 0.435. The fourth-order valence-electron chi connectivity index (χ4n) is 4.75. The van der Waals surface area contributed by atoms with Crippen molar-refractivity contribution in [3.05, 3.63) is 59.9 Å². The van der Waals surface area contributed by atoms with Gasteiger partial charge in [-0.15, -0.1) is 0 Å². The summed E-state index contributed by atoms with van der Waals surface area (Å²) in [6.07, 6.45) is 8.60. The minimum Gasteiger partial charge on any atom is -0.352 e. The topological polar surface area (TPSA) is 97.1 Å². The second kappa shape index (κ2) is 8.74. The van der Waals surface area contributed by atoms with Crippen LogP contribution in [0.2, 0.25) is 0 Å². The second-order valence-corrected chi connectivity index (χ2v) is 8.30. The summed E-state index contributed by atoms with van der Waals surface area (Å²) in [5.74, 6) is 1.06. The van der Waals surface area contributed by atoms with Crippen molar-refractivity contribution in [2.24, 2.45) is 23.5 Å². The van der Waals surface area contributed by atoms with Gasteiger partial charge < -0.3 is 16.4 Å². The molecule has 0 spiro atoms. The molecule has 2 aliphatic rings. The van der Waals surface area contributed by atoms with E-state index in [-0.39, 0.29) is 23.8 Å². The standard InChI is InChI=1S/C23H28N4O2/c24-21-17-2-1-3-18(21)13-19(12-17)22(28)26-14-15-4-6-20(7-5-15)27-23(29)16-8-10-25-11-9-16/h4-11,17-19,21H,1-3,12-14,24H2,(H,26,28)(H,27,29). The highest BCUT2D eigenvalue weighted by atomic mass is 16.2. The number of pyridine rings is 1. The molecule has 6 nitrogen and oxygen atoms in total. The van der Waals surface area contributed by atoms with E-state index in [4.69, 9.17) is 5.73 Å². The van der Waals surface area contributed by atoms with Gasteiger partial charge in [-0.2, -0.15) is 0 Å². The quantitative estimate of drug-likeness (QED) is 0.728. The molecule has 2 amide bonds. The lowest BCUT2D eigenvalue weighted by Crippen LogP contribution is -2.49. The Balaban J connectivity index is 1.28. The number of nitrogens with one attached hydrogen (secondary N) is 2. The smallest absolute Gasteiger partial charge is 0.255 e. The van der Waals surface area contributed by atoms with E-state index >= 15 is 0 Å². The molecule has 2 bridgehead atoms. The van der Waals surface area contributed by atoms with Crippen LogP contribution in [0.25, 0.3) is 0 Å². The van der Waals surface area contributed by atoms with Crippen molar-refractivity contribution in [1.82, 2.24) is 10.3 Å². The van der Waals surface area contributed by atoms with Gasteiger partial charge in [0.2, 0.25) is 5.91 Å². The molecule has 2 aliphatic carbocycles. The summed E-state index contributed by atoms with van der Waals surface area (Å²) < 4.78 is 0. The van der Waals surface area contributed by atoms with Crippen LogP contribution in [0, 0.1) is 17.8 Å². The number of fused-ring (bicyclic) bond motifs is 2. The van der Waals surface area contributed by atoms with Crippen LogP contribution in [0.4, 0.5) is 5.69 Å². The first-order valence-electron chi connectivity index (χ1n) is 10.4. The lowest BCUT2D eigenvalue weighted by molar-refractivity contribution is -0.128. The molecule has 4 N–H and O–H groups in total. The molecule has 0 aliphatic heterocycles. The molecule has 2 unspecified atom stereocenters. The molecule has 4 rings (SSSR count). The van der Waals surface area contributed by atoms with E-state index in [1.807, 2.05) is 24.3 Å². The number of hydrogen-bond donors (Lipinski definition) is 3. The third-order valence-electron chi connectivity index (χ3n) is 6.40. The molecule has 2 atom stereocenters. The van der Waals surface area contributed by atoms with Gasteiger partial charge in [-0.3, -0.25) is 14.6 Å². The Morgan fingerprint density at radius 3 is 2.31 bits per heavy atom. The predicted molar refractivity (Wildman–Crippen MR) is 112 cm³/mol. The molecular formula is C23H28N4O2. The lowest BCUT2D eigenvalue weighted by atomic mass is 9.65. The molecule has 2 aromatic rings. The van der Waals surface area contributed by atoms with Crippen LogP contribution in [0.5, 0.6) is 0 Å². The number of anilines is 1. The summed E-state index contributed by atoms with van der Waals surface area (Å²) >= 11 is 0. The van der Waals surface area contributed by atoms with E-state index in [1.54, 1.807) is 24.5 Å². The number of amides is 2. The van der Waals surface area contributed by atoms with Gasteiger partial charge in [0.1, 0.15) is 0 Å². The van der Waals surface area contributed by atoms with Gasteiger partial charge in [0, 0.05) is 42.1 Å². The zero-order valence-electron chi connectivity index (χ0n) is 16.5. The maximum absolute atomic E-state index is 12.7. The molecule has 29 heavy (non-hydrogen) atoms. The van der Waals surface area contributed by atoms with E-state index in [2.05, 4.69) is 15.6 Å². The number of nitrogens with zero attached hydrogens (tertiary/aromatic N) is 1. The van der Waals surface area contributed by atoms with E-state index in [1.165, 1.54) is 6.42 Å². The zero-order valence-corrected chi connectivity index (χ0v) is 16.5. The van der Waals surface area contributed by atoms with Crippen molar-refractivity contribution in [3.8, 4) is 0 Å². The van der Waals surface area contributed by atoms with Crippen LogP contribution in [-0.2, 0) is 11.3 Å². The molecular weight excluding hydrogens is 364 g/mol. The maximum atomic E-state index is 12.7. The second-order valence-electron chi connectivity index (χ2n) is 8.30.